The van der Waals surface area contributed by atoms with Gasteiger partial charge in [-0.2, -0.15) is 18.3 Å². The van der Waals surface area contributed by atoms with E-state index in [-0.39, 0.29) is 53.2 Å². The van der Waals surface area contributed by atoms with Gasteiger partial charge in [-0.05, 0) is 42.5 Å². The van der Waals surface area contributed by atoms with Gasteiger partial charge in [0.15, 0.2) is 16.9 Å². The Balaban J connectivity index is 0.000000441. The zero-order valence-electron chi connectivity index (χ0n) is 25.4. The van der Waals surface area contributed by atoms with Crippen molar-refractivity contribution in [3.8, 4) is 0 Å². The molecule has 0 spiro atoms. The van der Waals surface area contributed by atoms with Gasteiger partial charge < -0.3 is 15.1 Å². The Morgan fingerprint density at radius 1 is 1.17 bits per heavy atom. The lowest BCUT2D eigenvalue weighted by atomic mass is 9.87. The van der Waals surface area contributed by atoms with Crippen molar-refractivity contribution in [1.82, 2.24) is 45.7 Å². The van der Waals surface area contributed by atoms with E-state index >= 15 is 4.48 Å². The van der Waals surface area contributed by atoms with Crippen molar-refractivity contribution in [2.24, 2.45) is 0 Å². The molecule has 7 rings (SSSR count). The lowest BCUT2D eigenvalue weighted by Gasteiger charge is -2.30. The molecule has 3 fully saturated rings. The molecule has 258 valence electrons. The van der Waals surface area contributed by atoms with Crippen LogP contribution in [0.25, 0.3) is 5.65 Å². The average Bonchev–Trinajstić information content (AvgIpc) is 3.35. The number of hydrogen-bond donors (Lipinski definition) is 2. The molecule has 4 aromatic rings. The third-order valence-corrected chi connectivity index (χ3v) is 8.36. The van der Waals surface area contributed by atoms with Gasteiger partial charge in [-0.25, -0.2) is 22.9 Å². The van der Waals surface area contributed by atoms with E-state index in [2.05, 4.69) is 35.9 Å². The highest BCUT2D eigenvalue weighted by atomic mass is 19.4. The molecule has 2 N–H and O–H groups in total. The summed E-state index contributed by atoms with van der Waals surface area (Å²) in [6, 6.07) is -1.59. The zero-order valence-corrected chi connectivity index (χ0v) is 25.4. The molecule has 1 unspecified atom stereocenters. The molecule has 0 aromatic carbocycles. The molecule has 48 heavy (non-hydrogen) atoms. The van der Waals surface area contributed by atoms with E-state index in [9.17, 15) is 31.5 Å². The minimum absolute atomic E-state index is 0.00285. The molecule has 2 aliphatic carbocycles. The Bertz CT molecular complexity index is 1780. The molecule has 2 saturated carbocycles. The highest BCUT2D eigenvalue weighted by molar-refractivity contribution is 5.93. The van der Waals surface area contributed by atoms with Crippen molar-refractivity contribution in [2.45, 2.75) is 101 Å². The number of nitrogens with zero attached hydrogens (tertiary/aromatic N) is 8. The third kappa shape index (κ3) is 7.05. The monoisotopic (exact) mass is 684 g/mol. The number of hydrogen-bond acceptors (Lipinski definition) is 11. The normalized spacial score (nSPS) is 22.2. The van der Waals surface area contributed by atoms with Gasteiger partial charge in [-0.1, -0.05) is 21.2 Å². The Kier molecular flexibility index (Phi) is 8.75. The summed E-state index contributed by atoms with van der Waals surface area (Å²) in [4.78, 5) is 29.8. The van der Waals surface area contributed by atoms with Crippen molar-refractivity contribution >= 4 is 23.5 Å². The summed E-state index contributed by atoms with van der Waals surface area (Å²) in [5.74, 6) is -3.89. The van der Waals surface area contributed by atoms with E-state index in [0.29, 0.717) is 24.2 Å². The molecule has 3 aliphatic rings. The van der Waals surface area contributed by atoms with E-state index in [1.54, 1.807) is 0 Å². The number of rotatable bonds is 8. The number of amides is 2. The highest BCUT2D eigenvalue weighted by Gasteiger charge is 2.60. The fourth-order valence-electron chi connectivity index (χ4n) is 5.70. The van der Waals surface area contributed by atoms with Crippen LogP contribution in [0.3, 0.4) is 0 Å². The summed E-state index contributed by atoms with van der Waals surface area (Å²) < 4.78 is 91.6. The molecule has 5 heterocycles. The Labute approximate surface area is 267 Å². The van der Waals surface area contributed by atoms with Crippen LogP contribution in [0, 0.1) is 6.92 Å². The van der Waals surface area contributed by atoms with Gasteiger partial charge in [0.1, 0.15) is 11.7 Å². The predicted molar refractivity (Wildman–Crippen MR) is 150 cm³/mol. The minimum Gasteiger partial charge on any atom is -0.407 e. The third-order valence-electron chi connectivity index (χ3n) is 8.36. The van der Waals surface area contributed by atoms with Gasteiger partial charge in [0.25, 0.3) is 5.91 Å². The first-order valence-electron chi connectivity index (χ1n) is 15.2. The Morgan fingerprint density at radius 3 is 2.52 bits per heavy atom. The standard InChI is InChI=1S/C22H20F4N10O4.C6H10F2/c1-10-31-32-20(39-10)36(26)21(6-14(22(23,24)25)30-19(21)38)5-11-4-15-29-13(9-35(15)28-7-11)8-27-18(37)17-16(12-2-3-12)33-40-34-17;7-6(8)4-2-1-3-5-6/h4,7,9,12,14H,2-3,5-6,8H2,1H3,(H,27,37)(H,30,38);1-5H2/t14?,21-;/m1./s1. The largest absolute Gasteiger partial charge is 0.408 e. The lowest BCUT2D eigenvalue weighted by molar-refractivity contribution is -0.155. The van der Waals surface area contributed by atoms with Crippen molar-refractivity contribution in [3.63, 3.8) is 0 Å². The summed E-state index contributed by atoms with van der Waals surface area (Å²) in [6.07, 6.45) is 1.00. The van der Waals surface area contributed by atoms with Crippen LogP contribution < -0.4 is 15.8 Å². The SMILES string of the molecule is Cc1nnc(N(F)[C@]2(Cc3cnn4cc(CNC(=O)c5nonc5C5CC5)nc4c3)CC(C(F)(F)F)NC2=O)o1.FC1(F)CCCCC1. The molecule has 1 saturated heterocycles. The molecular formula is C28H30F6N10O4. The van der Waals surface area contributed by atoms with Crippen LogP contribution >= 0.6 is 0 Å². The summed E-state index contributed by atoms with van der Waals surface area (Å²) in [5, 5.41) is 22.9. The molecule has 2 amide bonds. The fourth-order valence-corrected chi connectivity index (χ4v) is 5.70. The van der Waals surface area contributed by atoms with Crippen LogP contribution in [0.5, 0.6) is 0 Å². The van der Waals surface area contributed by atoms with E-state index in [4.69, 9.17) is 9.05 Å². The Hall–Kier alpha value is -4.78. The van der Waals surface area contributed by atoms with Gasteiger partial charge in [0.05, 0.1) is 24.6 Å². The van der Waals surface area contributed by atoms with Crippen LogP contribution in [0.15, 0.2) is 27.5 Å². The van der Waals surface area contributed by atoms with Crippen molar-refractivity contribution in [2.75, 3.05) is 5.12 Å². The smallest absolute Gasteiger partial charge is 0.407 e. The van der Waals surface area contributed by atoms with Gasteiger partial charge in [0, 0.05) is 38.5 Å². The number of nitrogens with one attached hydrogen (secondary N) is 2. The topological polar surface area (TPSA) is 169 Å². The van der Waals surface area contributed by atoms with Gasteiger partial charge >= 0.3 is 12.2 Å². The van der Waals surface area contributed by atoms with Crippen LogP contribution in [0.1, 0.15) is 90.6 Å². The van der Waals surface area contributed by atoms with Crippen LogP contribution in [-0.4, -0.2) is 70.6 Å². The molecule has 0 bridgehead atoms. The second kappa shape index (κ2) is 12.7. The van der Waals surface area contributed by atoms with Crippen molar-refractivity contribution in [1.29, 1.82) is 0 Å². The molecule has 1 aliphatic heterocycles. The number of carbonyl (C=O) groups is 2. The van der Waals surface area contributed by atoms with Crippen LogP contribution in [0.2, 0.25) is 0 Å². The summed E-state index contributed by atoms with van der Waals surface area (Å²) in [6.45, 7) is 1.37. The van der Waals surface area contributed by atoms with Gasteiger partial charge in [-0.15, -0.1) is 10.2 Å². The molecular weight excluding hydrogens is 654 g/mol. The van der Waals surface area contributed by atoms with Crippen molar-refractivity contribution in [3.05, 3.63) is 47.0 Å². The number of aryl methyl sites for hydroxylation is 1. The summed E-state index contributed by atoms with van der Waals surface area (Å²) >= 11 is 0. The minimum atomic E-state index is -4.81. The molecule has 4 aromatic heterocycles. The maximum Gasteiger partial charge on any atom is 0.408 e. The highest BCUT2D eigenvalue weighted by Crippen LogP contribution is 2.41. The molecule has 2 atom stereocenters. The number of aromatic nitrogens is 7. The van der Waals surface area contributed by atoms with Crippen LogP contribution in [0.4, 0.5) is 32.4 Å². The van der Waals surface area contributed by atoms with Crippen molar-refractivity contribution < 1.29 is 45.1 Å². The number of fused-ring (bicyclic) bond motifs is 1. The van der Waals surface area contributed by atoms with Gasteiger partial charge in [0.2, 0.25) is 17.7 Å². The van der Waals surface area contributed by atoms with E-state index in [0.717, 1.165) is 19.3 Å². The number of halogens is 6. The van der Waals surface area contributed by atoms with E-state index in [1.165, 1.54) is 29.9 Å². The predicted octanol–water partition coefficient (Wildman–Crippen LogP) is 4.32. The molecule has 14 nitrogen and oxygen atoms in total. The maximum absolute atomic E-state index is 15.6. The summed E-state index contributed by atoms with van der Waals surface area (Å²) in [5.41, 5.74) is -0.864. The number of imidazole rings is 1. The Morgan fingerprint density at radius 2 is 1.92 bits per heavy atom. The first kappa shape index (κ1) is 33.1. The number of alkyl halides is 5. The second-order valence-electron chi connectivity index (χ2n) is 12.1. The van der Waals surface area contributed by atoms with Crippen LogP contribution in [-0.2, 0) is 17.8 Å². The second-order valence-corrected chi connectivity index (χ2v) is 12.1. The maximum atomic E-state index is 15.6. The molecule has 20 heteroatoms. The zero-order chi connectivity index (χ0) is 34.3. The first-order chi connectivity index (χ1) is 22.7. The lowest BCUT2D eigenvalue weighted by Crippen LogP contribution is -2.52. The first-order valence-corrected chi connectivity index (χ1v) is 15.2. The number of anilines is 1. The van der Waals surface area contributed by atoms with E-state index in [1.807, 2.05) is 5.32 Å². The summed E-state index contributed by atoms with van der Waals surface area (Å²) in [7, 11) is 0. The molecule has 0 radical (unpaired) electrons. The number of carbonyl (C=O) groups excluding carboxylic acids is 2. The van der Waals surface area contributed by atoms with E-state index < -0.39 is 54.4 Å². The quantitative estimate of drug-likeness (QED) is 0.200. The average molecular weight is 685 g/mol. The fraction of sp³-hybridized carbons (Fsp3) is 0.571. The van der Waals surface area contributed by atoms with Gasteiger partial charge in [-0.3, -0.25) is 9.59 Å².